The molecular formula is C21H21ClF2N2O5S. The van der Waals surface area contributed by atoms with E-state index in [1.54, 1.807) is 25.1 Å². The molecule has 1 heterocycles. The Morgan fingerprint density at radius 3 is 2.56 bits per heavy atom. The first-order valence-electron chi connectivity index (χ1n) is 9.76. The second kappa shape index (κ2) is 9.93. The highest BCUT2D eigenvalue weighted by Crippen LogP contribution is 2.27. The van der Waals surface area contributed by atoms with Gasteiger partial charge in [0.1, 0.15) is 16.5 Å². The summed E-state index contributed by atoms with van der Waals surface area (Å²) in [5.41, 5.74) is 1.18. The quantitative estimate of drug-likeness (QED) is 0.631. The van der Waals surface area contributed by atoms with Gasteiger partial charge in [0.05, 0.1) is 5.92 Å². The molecule has 0 radical (unpaired) electrons. The molecule has 1 aliphatic rings. The van der Waals surface area contributed by atoms with Crippen molar-refractivity contribution < 1.29 is 31.5 Å². The molecule has 0 saturated carbocycles. The zero-order valence-electron chi connectivity index (χ0n) is 17.1. The van der Waals surface area contributed by atoms with Crippen LogP contribution >= 0.6 is 11.6 Å². The van der Waals surface area contributed by atoms with Crippen LogP contribution in [-0.4, -0.2) is 44.3 Å². The maximum absolute atomic E-state index is 13.9. The van der Waals surface area contributed by atoms with Crippen LogP contribution in [0.15, 0.2) is 41.3 Å². The van der Waals surface area contributed by atoms with Crippen LogP contribution in [-0.2, 0) is 24.3 Å². The number of nitrogens with zero attached hydrogens (tertiary/aromatic N) is 1. The molecule has 0 aliphatic carbocycles. The smallest absolute Gasteiger partial charge is 0.309 e. The van der Waals surface area contributed by atoms with Crippen LogP contribution in [0.25, 0.3) is 0 Å². The van der Waals surface area contributed by atoms with Crippen molar-refractivity contribution in [1.29, 1.82) is 0 Å². The number of hydrogen-bond donors (Lipinski definition) is 1. The van der Waals surface area contributed by atoms with Gasteiger partial charge in [-0.1, -0.05) is 17.7 Å². The Morgan fingerprint density at radius 1 is 1.19 bits per heavy atom. The van der Waals surface area contributed by atoms with E-state index in [1.165, 1.54) is 0 Å². The summed E-state index contributed by atoms with van der Waals surface area (Å²) in [4.78, 5) is 23.6. The van der Waals surface area contributed by atoms with Crippen LogP contribution in [0.4, 0.5) is 14.5 Å². The van der Waals surface area contributed by atoms with E-state index >= 15 is 0 Å². The molecule has 2 aromatic rings. The van der Waals surface area contributed by atoms with Crippen molar-refractivity contribution in [3.05, 3.63) is 58.6 Å². The zero-order valence-corrected chi connectivity index (χ0v) is 18.7. The van der Waals surface area contributed by atoms with Gasteiger partial charge in [-0.2, -0.15) is 4.31 Å². The van der Waals surface area contributed by atoms with E-state index in [0.29, 0.717) is 22.3 Å². The first-order valence-corrected chi connectivity index (χ1v) is 11.6. The third-order valence-electron chi connectivity index (χ3n) is 5.19. The van der Waals surface area contributed by atoms with Crippen molar-refractivity contribution in [2.75, 3.05) is 25.0 Å². The predicted octanol–water partition coefficient (Wildman–Crippen LogP) is 3.51. The molecule has 1 fully saturated rings. The molecule has 0 bridgehead atoms. The van der Waals surface area contributed by atoms with Crippen LogP contribution in [0.5, 0.6) is 0 Å². The van der Waals surface area contributed by atoms with Crippen molar-refractivity contribution in [3.8, 4) is 0 Å². The standard InChI is InChI=1S/C21H21ClF2N2O5S/c1-13-16(22)3-2-4-18(13)25-20(27)12-31-21(28)14-7-9-26(10-8-14)32(29,30)19-11-15(23)5-6-17(19)24/h2-6,11,14H,7-10,12H2,1H3,(H,25,27). The van der Waals surface area contributed by atoms with Gasteiger partial charge in [0.25, 0.3) is 5.91 Å². The van der Waals surface area contributed by atoms with Crippen molar-refractivity contribution >= 4 is 39.2 Å². The van der Waals surface area contributed by atoms with E-state index in [9.17, 15) is 26.8 Å². The van der Waals surface area contributed by atoms with Crippen LogP contribution in [0.3, 0.4) is 0 Å². The number of nitrogens with one attached hydrogen (secondary N) is 1. The van der Waals surface area contributed by atoms with Crippen molar-refractivity contribution in [3.63, 3.8) is 0 Å². The molecule has 0 atom stereocenters. The number of ether oxygens (including phenoxy) is 1. The number of sulfonamides is 1. The number of amides is 1. The van der Waals surface area contributed by atoms with E-state index in [-0.39, 0.29) is 25.9 Å². The molecule has 32 heavy (non-hydrogen) atoms. The summed E-state index contributed by atoms with van der Waals surface area (Å²) in [5, 5.41) is 3.10. The van der Waals surface area contributed by atoms with Crippen LogP contribution in [0.2, 0.25) is 5.02 Å². The lowest BCUT2D eigenvalue weighted by molar-refractivity contribution is -0.152. The zero-order chi connectivity index (χ0) is 23.5. The van der Waals surface area contributed by atoms with Gasteiger partial charge >= 0.3 is 5.97 Å². The molecule has 1 aliphatic heterocycles. The molecular weight excluding hydrogens is 466 g/mol. The number of rotatable bonds is 6. The van der Waals surface area contributed by atoms with Crippen LogP contribution < -0.4 is 5.32 Å². The number of carbonyl (C=O) groups excluding carboxylic acids is 2. The van der Waals surface area contributed by atoms with Gasteiger partial charge in [0.2, 0.25) is 10.0 Å². The minimum Gasteiger partial charge on any atom is -0.455 e. The minimum atomic E-state index is -4.24. The van der Waals surface area contributed by atoms with Crippen LogP contribution in [0, 0.1) is 24.5 Å². The average molecular weight is 487 g/mol. The molecule has 11 heteroatoms. The van der Waals surface area contributed by atoms with E-state index in [4.69, 9.17) is 16.3 Å². The van der Waals surface area contributed by atoms with Gasteiger partial charge in [-0.3, -0.25) is 9.59 Å². The lowest BCUT2D eigenvalue weighted by Crippen LogP contribution is -2.41. The Bertz CT molecular complexity index is 1140. The lowest BCUT2D eigenvalue weighted by atomic mass is 9.98. The van der Waals surface area contributed by atoms with E-state index < -0.39 is 51.0 Å². The topological polar surface area (TPSA) is 92.8 Å². The molecule has 1 saturated heterocycles. The molecule has 0 aromatic heterocycles. The minimum absolute atomic E-state index is 0.0635. The first-order chi connectivity index (χ1) is 15.1. The molecule has 0 unspecified atom stereocenters. The molecule has 172 valence electrons. The Labute approximate surface area is 189 Å². The van der Waals surface area contributed by atoms with Crippen molar-refractivity contribution in [2.24, 2.45) is 5.92 Å². The number of esters is 1. The highest BCUT2D eigenvalue weighted by molar-refractivity contribution is 7.89. The van der Waals surface area contributed by atoms with Crippen LogP contribution in [0.1, 0.15) is 18.4 Å². The predicted molar refractivity (Wildman–Crippen MR) is 114 cm³/mol. The van der Waals surface area contributed by atoms with Gasteiger partial charge in [-0.15, -0.1) is 0 Å². The normalized spacial score (nSPS) is 15.4. The molecule has 0 spiro atoms. The molecule has 1 amide bonds. The van der Waals surface area contributed by atoms with Crippen molar-refractivity contribution in [1.82, 2.24) is 4.31 Å². The Balaban J connectivity index is 1.52. The summed E-state index contributed by atoms with van der Waals surface area (Å²) in [7, 11) is -4.24. The van der Waals surface area contributed by atoms with E-state index in [2.05, 4.69) is 5.32 Å². The fourth-order valence-electron chi connectivity index (χ4n) is 3.33. The summed E-state index contributed by atoms with van der Waals surface area (Å²) in [6.45, 7) is 1.11. The molecule has 2 aromatic carbocycles. The summed E-state index contributed by atoms with van der Waals surface area (Å²) >= 11 is 6.00. The third kappa shape index (κ3) is 5.43. The summed E-state index contributed by atoms with van der Waals surface area (Å²) in [6.07, 6.45) is 0.258. The maximum atomic E-state index is 13.9. The first kappa shape index (κ1) is 24.1. The van der Waals surface area contributed by atoms with E-state index in [0.717, 1.165) is 16.4 Å². The number of carbonyl (C=O) groups is 2. The number of piperidine rings is 1. The molecule has 3 rings (SSSR count). The summed E-state index contributed by atoms with van der Waals surface area (Å²) in [6, 6.07) is 7.24. The number of anilines is 1. The average Bonchev–Trinajstić information content (AvgIpc) is 2.77. The Hall–Kier alpha value is -2.56. The van der Waals surface area contributed by atoms with Gasteiger partial charge in [0.15, 0.2) is 6.61 Å². The fraction of sp³-hybridized carbons (Fsp3) is 0.333. The monoisotopic (exact) mass is 486 g/mol. The number of benzene rings is 2. The Morgan fingerprint density at radius 2 is 1.88 bits per heavy atom. The van der Waals surface area contributed by atoms with Crippen molar-refractivity contribution in [2.45, 2.75) is 24.7 Å². The van der Waals surface area contributed by atoms with Gasteiger partial charge in [0, 0.05) is 23.8 Å². The number of hydrogen-bond acceptors (Lipinski definition) is 5. The highest BCUT2D eigenvalue weighted by Gasteiger charge is 2.34. The Kier molecular flexibility index (Phi) is 7.47. The third-order valence-corrected chi connectivity index (χ3v) is 7.51. The fourth-order valence-corrected chi connectivity index (χ4v) is 5.05. The van der Waals surface area contributed by atoms with Gasteiger partial charge < -0.3 is 10.1 Å². The molecule has 7 nitrogen and oxygen atoms in total. The van der Waals surface area contributed by atoms with Gasteiger partial charge in [-0.25, -0.2) is 17.2 Å². The second-order valence-corrected chi connectivity index (χ2v) is 9.63. The molecule has 1 N–H and O–H groups in total. The maximum Gasteiger partial charge on any atom is 0.309 e. The largest absolute Gasteiger partial charge is 0.455 e. The second-order valence-electron chi connectivity index (χ2n) is 7.32. The van der Waals surface area contributed by atoms with E-state index in [1.807, 2.05) is 0 Å². The SMILES string of the molecule is Cc1c(Cl)cccc1NC(=O)COC(=O)C1CCN(S(=O)(=O)c2cc(F)ccc2F)CC1. The van der Waals surface area contributed by atoms with Gasteiger partial charge in [-0.05, 0) is 55.7 Å². The lowest BCUT2D eigenvalue weighted by Gasteiger charge is -2.30. The number of halogens is 3. The summed E-state index contributed by atoms with van der Waals surface area (Å²) in [5.74, 6) is -3.69. The highest BCUT2D eigenvalue weighted by atomic mass is 35.5. The summed E-state index contributed by atoms with van der Waals surface area (Å²) < 4.78 is 58.6.